The van der Waals surface area contributed by atoms with E-state index in [1.165, 1.54) is 0 Å². The molecule has 0 atom stereocenters. The van der Waals surface area contributed by atoms with Crippen molar-refractivity contribution in [1.82, 2.24) is 4.90 Å². The molecule has 6 heteroatoms. The maximum atomic E-state index is 12.0. The molecule has 1 aromatic rings. The van der Waals surface area contributed by atoms with Crippen LogP contribution in [0.5, 0.6) is 0 Å². The van der Waals surface area contributed by atoms with E-state index < -0.39 is 9.84 Å². The van der Waals surface area contributed by atoms with Gasteiger partial charge in [-0.2, -0.15) is 0 Å². The van der Waals surface area contributed by atoms with Gasteiger partial charge in [-0.05, 0) is 5.56 Å². The van der Waals surface area contributed by atoms with Crippen LogP contribution in [0.1, 0.15) is 12.0 Å². The van der Waals surface area contributed by atoms with Crippen LogP contribution in [-0.4, -0.2) is 44.3 Å². The Labute approximate surface area is 114 Å². The molecule has 0 unspecified atom stereocenters. The summed E-state index contributed by atoms with van der Waals surface area (Å²) in [7, 11) is -3.12. The molecule has 106 valence electrons. The Morgan fingerprint density at radius 1 is 1.26 bits per heavy atom. The molecular formula is C13H20N2O3S. The lowest BCUT2D eigenvalue weighted by Gasteiger charge is -2.22. The van der Waals surface area contributed by atoms with Crippen molar-refractivity contribution in [2.45, 2.75) is 13.0 Å². The van der Waals surface area contributed by atoms with Crippen molar-refractivity contribution in [1.29, 1.82) is 0 Å². The fraction of sp³-hybridized carbons (Fsp3) is 0.462. The number of carbonyl (C=O) groups excluding carboxylic acids is 1. The van der Waals surface area contributed by atoms with E-state index in [2.05, 4.69) is 0 Å². The molecule has 0 saturated carbocycles. The molecule has 0 saturated heterocycles. The zero-order valence-corrected chi connectivity index (χ0v) is 11.9. The van der Waals surface area contributed by atoms with Crippen LogP contribution in [0.4, 0.5) is 0 Å². The van der Waals surface area contributed by atoms with Gasteiger partial charge in [0.05, 0.1) is 5.75 Å². The first kappa shape index (κ1) is 15.7. The highest BCUT2D eigenvalue weighted by Crippen LogP contribution is 2.06. The Bertz CT molecular complexity index is 500. The predicted molar refractivity (Wildman–Crippen MR) is 75.2 cm³/mol. The number of nitrogens with two attached hydrogens (primary N) is 1. The van der Waals surface area contributed by atoms with Crippen molar-refractivity contribution in [2.24, 2.45) is 5.73 Å². The zero-order valence-electron chi connectivity index (χ0n) is 11.1. The summed E-state index contributed by atoms with van der Waals surface area (Å²) < 4.78 is 22.2. The fourth-order valence-corrected chi connectivity index (χ4v) is 2.23. The molecule has 1 amide bonds. The van der Waals surface area contributed by atoms with Crippen LogP contribution < -0.4 is 5.73 Å². The van der Waals surface area contributed by atoms with Gasteiger partial charge >= 0.3 is 0 Å². The smallest absolute Gasteiger partial charge is 0.223 e. The zero-order chi connectivity index (χ0) is 14.3. The minimum absolute atomic E-state index is 0.00562. The summed E-state index contributed by atoms with van der Waals surface area (Å²) in [5.74, 6) is -0.304. The molecule has 0 heterocycles. The van der Waals surface area contributed by atoms with Crippen molar-refractivity contribution in [2.75, 3.05) is 25.1 Å². The molecule has 0 spiro atoms. The largest absolute Gasteiger partial charge is 0.337 e. The molecule has 2 N–H and O–H groups in total. The van der Waals surface area contributed by atoms with E-state index in [4.69, 9.17) is 5.73 Å². The van der Waals surface area contributed by atoms with Gasteiger partial charge in [0.1, 0.15) is 9.84 Å². The third-order valence-electron chi connectivity index (χ3n) is 2.65. The van der Waals surface area contributed by atoms with E-state index in [0.717, 1.165) is 11.8 Å². The number of nitrogens with zero attached hydrogens (tertiary/aromatic N) is 1. The molecule has 0 aliphatic heterocycles. The summed E-state index contributed by atoms with van der Waals surface area (Å²) in [5, 5.41) is 0. The van der Waals surface area contributed by atoms with Crippen molar-refractivity contribution in [3.63, 3.8) is 0 Å². The van der Waals surface area contributed by atoms with Crippen LogP contribution >= 0.6 is 0 Å². The third-order valence-corrected chi connectivity index (χ3v) is 3.60. The average Bonchev–Trinajstić information content (AvgIpc) is 2.36. The lowest BCUT2D eigenvalue weighted by atomic mass is 10.2. The number of rotatable bonds is 7. The Hall–Kier alpha value is -1.40. The quantitative estimate of drug-likeness (QED) is 0.786. The molecule has 1 rings (SSSR count). The molecule has 0 aliphatic carbocycles. The first-order valence-corrected chi connectivity index (χ1v) is 8.18. The molecule has 0 radical (unpaired) electrons. The van der Waals surface area contributed by atoms with Gasteiger partial charge in [-0.1, -0.05) is 30.3 Å². The van der Waals surface area contributed by atoms with Crippen LogP contribution in [0.15, 0.2) is 30.3 Å². The lowest BCUT2D eigenvalue weighted by molar-refractivity contribution is -0.131. The number of benzene rings is 1. The third kappa shape index (κ3) is 6.35. The van der Waals surface area contributed by atoms with Crippen molar-refractivity contribution < 1.29 is 13.2 Å². The van der Waals surface area contributed by atoms with Gasteiger partial charge in [0.15, 0.2) is 0 Å². The Kier molecular flexibility index (Phi) is 5.98. The Balaban J connectivity index is 2.64. The van der Waals surface area contributed by atoms with Gasteiger partial charge in [0.25, 0.3) is 0 Å². The molecule has 0 aromatic heterocycles. The molecule has 1 aromatic carbocycles. The second kappa shape index (κ2) is 7.25. The summed E-state index contributed by atoms with van der Waals surface area (Å²) in [6.07, 6.45) is 1.14. The highest BCUT2D eigenvalue weighted by atomic mass is 32.2. The van der Waals surface area contributed by atoms with Gasteiger partial charge in [0.2, 0.25) is 5.91 Å². The number of hydrogen-bond acceptors (Lipinski definition) is 4. The van der Waals surface area contributed by atoms with Crippen LogP contribution in [0.25, 0.3) is 0 Å². The van der Waals surface area contributed by atoms with E-state index in [1.807, 2.05) is 30.3 Å². The standard InChI is InChI=1S/C13H20N2O3S/c1-19(17,18)10-7-13(16)15(9-8-14)11-12-5-3-2-4-6-12/h2-6H,7-11,14H2,1H3. The predicted octanol–water partition coefficient (Wildman–Crippen LogP) is 0.409. The SMILES string of the molecule is CS(=O)(=O)CCC(=O)N(CCN)Cc1ccccc1. The topological polar surface area (TPSA) is 80.5 Å². The molecule has 0 fully saturated rings. The average molecular weight is 284 g/mol. The van der Waals surface area contributed by atoms with Gasteiger partial charge in [-0.15, -0.1) is 0 Å². The van der Waals surface area contributed by atoms with Gasteiger partial charge in [-0.3, -0.25) is 4.79 Å². The van der Waals surface area contributed by atoms with Gasteiger partial charge in [0, 0.05) is 32.3 Å². The number of hydrogen-bond donors (Lipinski definition) is 1. The van der Waals surface area contributed by atoms with E-state index in [1.54, 1.807) is 4.90 Å². The molecule has 5 nitrogen and oxygen atoms in total. The van der Waals surface area contributed by atoms with Crippen molar-refractivity contribution in [3.8, 4) is 0 Å². The molecule has 0 bridgehead atoms. The van der Waals surface area contributed by atoms with Gasteiger partial charge in [-0.25, -0.2) is 8.42 Å². The summed E-state index contributed by atoms with van der Waals surface area (Å²) in [6.45, 7) is 1.25. The van der Waals surface area contributed by atoms with Crippen molar-refractivity contribution in [3.05, 3.63) is 35.9 Å². The van der Waals surface area contributed by atoms with Crippen molar-refractivity contribution >= 4 is 15.7 Å². The first-order chi connectivity index (χ1) is 8.92. The second-order valence-corrected chi connectivity index (χ2v) is 6.73. The van der Waals surface area contributed by atoms with Crippen LogP contribution in [0.3, 0.4) is 0 Å². The lowest BCUT2D eigenvalue weighted by Crippen LogP contribution is -2.35. The van der Waals surface area contributed by atoms with E-state index in [9.17, 15) is 13.2 Å². The summed E-state index contributed by atoms with van der Waals surface area (Å²) in [6, 6.07) is 9.55. The highest BCUT2D eigenvalue weighted by molar-refractivity contribution is 7.90. The minimum Gasteiger partial charge on any atom is -0.337 e. The van der Waals surface area contributed by atoms with E-state index >= 15 is 0 Å². The molecule has 19 heavy (non-hydrogen) atoms. The van der Waals surface area contributed by atoms with Gasteiger partial charge < -0.3 is 10.6 Å². The minimum atomic E-state index is -3.12. The Morgan fingerprint density at radius 2 is 1.89 bits per heavy atom. The maximum absolute atomic E-state index is 12.0. The van der Waals surface area contributed by atoms with E-state index in [-0.39, 0.29) is 18.1 Å². The van der Waals surface area contributed by atoms with Crippen LogP contribution in [0, 0.1) is 0 Å². The highest BCUT2D eigenvalue weighted by Gasteiger charge is 2.15. The number of carbonyl (C=O) groups is 1. The maximum Gasteiger partial charge on any atom is 0.223 e. The monoisotopic (exact) mass is 284 g/mol. The molecular weight excluding hydrogens is 264 g/mol. The number of amides is 1. The normalized spacial score (nSPS) is 11.3. The number of sulfone groups is 1. The van der Waals surface area contributed by atoms with Crippen LogP contribution in [-0.2, 0) is 21.2 Å². The fourth-order valence-electron chi connectivity index (χ4n) is 1.68. The summed E-state index contributed by atoms with van der Waals surface area (Å²) in [5.41, 5.74) is 6.49. The summed E-state index contributed by atoms with van der Waals surface area (Å²) in [4.78, 5) is 13.6. The van der Waals surface area contributed by atoms with Crippen LogP contribution in [0.2, 0.25) is 0 Å². The first-order valence-electron chi connectivity index (χ1n) is 6.12. The second-order valence-electron chi connectivity index (χ2n) is 4.47. The summed E-state index contributed by atoms with van der Waals surface area (Å²) >= 11 is 0. The van der Waals surface area contributed by atoms with E-state index in [0.29, 0.717) is 19.6 Å². The Morgan fingerprint density at radius 3 is 2.42 bits per heavy atom. The molecule has 0 aliphatic rings.